The molecule has 1 aromatic rings. The van der Waals surface area contributed by atoms with Crippen molar-refractivity contribution < 1.29 is 4.74 Å². The average molecular weight is 267 g/mol. The van der Waals surface area contributed by atoms with Crippen molar-refractivity contribution in [2.75, 3.05) is 23.9 Å². The number of nitrogen functional groups attached to an aromatic ring is 1. The monoisotopic (exact) mass is 267 g/mol. The summed E-state index contributed by atoms with van der Waals surface area (Å²) in [5, 5.41) is 4.22. The minimum atomic E-state index is 0.482. The second-order valence-electron chi connectivity index (χ2n) is 4.52. The van der Waals surface area contributed by atoms with Gasteiger partial charge in [-0.3, -0.25) is 0 Å². The van der Waals surface area contributed by atoms with E-state index in [9.17, 15) is 0 Å². The Morgan fingerprint density at radius 1 is 1.50 bits per heavy atom. The molecule has 3 N–H and O–H groups in total. The third-order valence-electron chi connectivity index (χ3n) is 3.24. The van der Waals surface area contributed by atoms with Crippen molar-refractivity contribution in [1.82, 2.24) is 4.98 Å². The molecule has 0 aliphatic heterocycles. The number of thioether (sulfide) groups is 1. The molecule has 1 aromatic heterocycles. The number of nitrogens with zero attached hydrogens (tertiary/aromatic N) is 1. The van der Waals surface area contributed by atoms with Crippen LogP contribution in [0.4, 0.5) is 11.5 Å². The first-order valence-corrected chi connectivity index (χ1v) is 7.46. The number of hydrogen-bond donors (Lipinski definition) is 2. The van der Waals surface area contributed by atoms with E-state index in [4.69, 9.17) is 10.5 Å². The van der Waals surface area contributed by atoms with Gasteiger partial charge in [-0.15, -0.1) is 0 Å². The third kappa shape index (κ3) is 3.22. The lowest BCUT2D eigenvalue weighted by Gasteiger charge is -2.15. The zero-order valence-corrected chi connectivity index (χ0v) is 11.8. The first kappa shape index (κ1) is 13.3. The van der Waals surface area contributed by atoms with Gasteiger partial charge in [-0.25, -0.2) is 0 Å². The molecular weight excluding hydrogens is 246 g/mol. The summed E-state index contributed by atoms with van der Waals surface area (Å²) in [5.41, 5.74) is 6.61. The van der Waals surface area contributed by atoms with E-state index >= 15 is 0 Å². The molecule has 1 heterocycles. The molecule has 0 saturated heterocycles. The topological polar surface area (TPSA) is 60.2 Å². The van der Waals surface area contributed by atoms with Crippen LogP contribution >= 0.6 is 11.8 Å². The van der Waals surface area contributed by atoms with E-state index in [2.05, 4.69) is 17.2 Å². The Labute approximate surface area is 113 Å². The van der Waals surface area contributed by atoms with Crippen LogP contribution in [0.25, 0.3) is 0 Å². The normalized spacial score (nSPS) is 23.0. The van der Waals surface area contributed by atoms with Crippen LogP contribution < -0.4 is 15.8 Å². The molecule has 0 amide bonds. The molecule has 100 valence electrons. The van der Waals surface area contributed by atoms with Crippen LogP contribution in [0, 0.1) is 0 Å². The summed E-state index contributed by atoms with van der Waals surface area (Å²) in [6.45, 7) is 2.22. The summed E-state index contributed by atoms with van der Waals surface area (Å²) in [5.74, 6) is 2.54. The predicted molar refractivity (Wildman–Crippen MR) is 78.4 cm³/mol. The molecule has 2 atom stereocenters. The van der Waals surface area contributed by atoms with Crippen LogP contribution in [0.15, 0.2) is 12.1 Å². The number of hydrogen-bond acceptors (Lipinski definition) is 5. The van der Waals surface area contributed by atoms with Crippen LogP contribution in [-0.4, -0.2) is 29.1 Å². The summed E-state index contributed by atoms with van der Waals surface area (Å²) in [6.07, 6.45) is 3.66. The highest BCUT2D eigenvalue weighted by Gasteiger charge is 2.25. The first-order valence-electron chi connectivity index (χ1n) is 6.41. The smallest absolute Gasteiger partial charge is 0.215 e. The van der Waals surface area contributed by atoms with E-state index in [0.717, 1.165) is 11.1 Å². The van der Waals surface area contributed by atoms with Crippen molar-refractivity contribution in [1.29, 1.82) is 0 Å². The summed E-state index contributed by atoms with van der Waals surface area (Å²) < 4.78 is 5.12. The Balaban J connectivity index is 1.97. The minimum Gasteiger partial charge on any atom is -0.481 e. The van der Waals surface area contributed by atoms with Crippen molar-refractivity contribution in [3.8, 4) is 5.88 Å². The van der Waals surface area contributed by atoms with E-state index in [1.807, 2.05) is 17.8 Å². The Hall–Kier alpha value is -1.10. The van der Waals surface area contributed by atoms with E-state index in [0.29, 0.717) is 17.6 Å². The fraction of sp³-hybridized carbons (Fsp3) is 0.615. The summed E-state index contributed by atoms with van der Waals surface area (Å²) in [6, 6.07) is 4.10. The molecule has 18 heavy (non-hydrogen) atoms. The SMILES string of the molecule is CCSC1CCC(Nc2nc(OC)ccc2N)C1. The van der Waals surface area contributed by atoms with Gasteiger partial charge in [0.15, 0.2) is 5.82 Å². The quantitative estimate of drug-likeness (QED) is 0.859. The lowest BCUT2D eigenvalue weighted by molar-refractivity contribution is 0.398. The molecule has 0 aromatic carbocycles. The van der Waals surface area contributed by atoms with Gasteiger partial charge in [0.1, 0.15) is 0 Å². The summed E-state index contributed by atoms with van der Waals surface area (Å²) in [7, 11) is 1.62. The van der Waals surface area contributed by atoms with Crippen molar-refractivity contribution in [2.24, 2.45) is 0 Å². The van der Waals surface area contributed by atoms with E-state index in [-0.39, 0.29) is 0 Å². The maximum Gasteiger partial charge on any atom is 0.215 e. The highest BCUT2D eigenvalue weighted by molar-refractivity contribution is 7.99. The number of nitrogens with two attached hydrogens (primary N) is 1. The van der Waals surface area contributed by atoms with Gasteiger partial charge < -0.3 is 15.8 Å². The van der Waals surface area contributed by atoms with Crippen LogP contribution in [0.3, 0.4) is 0 Å². The fourth-order valence-corrected chi connectivity index (χ4v) is 3.48. The second-order valence-corrected chi connectivity index (χ2v) is 6.10. The number of aromatic nitrogens is 1. The molecule has 1 aliphatic rings. The fourth-order valence-electron chi connectivity index (χ4n) is 2.33. The van der Waals surface area contributed by atoms with Crippen molar-refractivity contribution in [3.63, 3.8) is 0 Å². The molecule has 1 fully saturated rings. The molecular formula is C13H21N3OS. The largest absolute Gasteiger partial charge is 0.481 e. The average Bonchev–Trinajstić information content (AvgIpc) is 2.80. The van der Waals surface area contributed by atoms with E-state index in [1.54, 1.807) is 13.2 Å². The zero-order chi connectivity index (χ0) is 13.0. The molecule has 0 radical (unpaired) electrons. The Morgan fingerprint density at radius 2 is 2.33 bits per heavy atom. The number of ether oxygens (including phenoxy) is 1. The maximum atomic E-state index is 5.93. The lowest BCUT2D eigenvalue weighted by atomic mass is 10.2. The molecule has 0 spiro atoms. The maximum absolute atomic E-state index is 5.93. The van der Waals surface area contributed by atoms with Gasteiger partial charge in [0.25, 0.3) is 0 Å². The Kier molecular flexibility index (Phi) is 4.58. The van der Waals surface area contributed by atoms with Gasteiger partial charge in [-0.2, -0.15) is 16.7 Å². The van der Waals surface area contributed by atoms with Crippen molar-refractivity contribution >= 4 is 23.3 Å². The van der Waals surface area contributed by atoms with Gasteiger partial charge in [-0.1, -0.05) is 6.92 Å². The van der Waals surface area contributed by atoms with Crippen LogP contribution in [-0.2, 0) is 0 Å². The van der Waals surface area contributed by atoms with Crippen LogP contribution in [0.5, 0.6) is 5.88 Å². The van der Waals surface area contributed by atoms with Crippen LogP contribution in [0.2, 0.25) is 0 Å². The number of rotatable bonds is 5. The standard InChI is InChI=1S/C13H21N3OS/c1-3-18-10-5-4-9(8-10)15-13-11(14)6-7-12(16-13)17-2/h6-7,9-10H,3-5,8,14H2,1-2H3,(H,15,16). The first-order chi connectivity index (χ1) is 8.72. The molecule has 2 rings (SSSR count). The summed E-state index contributed by atoms with van der Waals surface area (Å²) in [4.78, 5) is 4.36. The van der Waals surface area contributed by atoms with Crippen molar-refractivity contribution in [3.05, 3.63) is 12.1 Å². The third-order valence-corrected chi connectivity index (χ3v) is 4.47. The molecule has 4 nitrogen and oxygen atoms in total. The molecule has 1 saturated carbocycles. The number of pyridine rings is 1. The second kappa shape index (κ2) is 6.18. The van der Waals surface area contributed by atoms with Gasteiger partial charge in [0.2, 0.25) is 5.88 Å². The van der Waals surface area contributed by atoms with E-state index < -0.39 is 0 Å². The van der Waals surface area contributed by atoms with E-state index in [1.165, 1.54) is 25.0 Å². The number of methoxy groups -OCH3 is 1. The molecule has 5 heteroatoms. The Morgan fingerprint density at radius 3 is 3.06 bits per heavy atom. The van der Waals surface area contributed by atoms with Gasteiger partial charge in [0.05, 0.1) is 12.8 Å². The van der Waals surface area contributed by atoms with Gasteiger partial charge in [0, 0.05) is 17.4 Å². The van der Waals surface area contributed by atoms with Crippen molar-refractivity contribution in [2.45, 2.75) is 37.5 Å². The Bertz CT molecular complexity index is 400. The minimum absolute atomic E-state index is 0.482. The molecule has 0 bridgehead atoms. The summed E-state index contributed by atoms with van der Waals surface area (Å²) >= 11 is 2.05. The van der Waals surface area contributed by atoms with Gasteiger partial charge in [-0.05, 0) is 31.1 Å². The highest BCUT2D eigenvalue weighted by atomic mass is 32.2. The zero-order valence-electron chi connectivity index (χ0n) is 11.0. The molecule has 1 aliphatic carbocycles. The highest BCUT2D eigenvalue weighted by Crippen LogP contribution is 2.32. The predicted octanol–water partition coefficient (Wildman–Crippen LogP) is 2.76. The molecule has 2 unspecified atom stereocenters. The van der Waals surface area contributed by atoms with Gasteiger partial charge >= 0.3 is 0 Å². The number of anilines is 2. The van der Waals surface area contributed by atoms with Crippen LogP contribution in [0.1, 0.15) is 26.2 Å². The number of nitrogens with one attached hydrogen (secondary N) is 1. The lowest BCUT2D eigenvalue weighted by Crippen LogP contribution is -2.18.